The minimum absolute atomic E-state index is 0.000257. The second-order valence-electron chi connectivity index (χ2n) is 8.95. The molecule has 1 amide bonds. The molecular formula is C24H25N3O2. The number of nitrogens with zero attached hydrogens (tertiary/aromatic N) is 2. The summed E-state index contributed by atoms with van der Waals surface area (Å²) in [6.45, 7) is 6.63. The maximum atomic E-state index is 13.8. The Morgan fingerprint density at radius 2 is 1.55 bits per heavy atom. The molecule has 3 aromatic rings. The van der Waals surface area contributed by atoms with E-state index in [9.17, 15) is 4.79 Å². The lowest BCUT2D eigenvalue weighted by atomic mass is 9.63. The minimum atomic E-state index is -0.700. The first kappa shape index (κ1) is 18.1. The summed E-state index contributed by atoms with van der Waals surface area (Å²) in [5, 5.41) is 3.15. The topological polar surface area (TPSA) is 64.1 Å². The molecule has 2 aliphatic carbocycles. The van der Waals surface area contributed by atoms with Crippen LogP contribution in [-0.2, 0) is 15.6 Å². The van der Waals surface area contributed by atoms with Gasteiger partial charge in [0.2, 0.25) is 5.91 Å². The Morgan fingerprint density at radius 1 is 0.931 bits per heavy atom. The number of para-hydroxylation sites is 2. The number of carbonyl (C=O) groups is 1. The van der Waals surface area contributed by atoms with Gasteiger partial charge in [0.1, 0.15) is 5.75 Å². The van der Waals surface area contributed by atoms with E-state index in [2.05, 4.69) is 26.1 Å². The highest BCUT2D eigenvalue weighted by atomic mass is 16.5. The van der Waals surface area contributed by atoms with Gasteiger partial charge in [-0.1, -0.05) is 32.9 Å². The van der Waals surface area contributed by atoms with E-state index in [4.69, 9.17) is 14.7 Å². The minimum Gasteiger partial charge on any atom is -0.497 e. The van der Waals surface area contributed by atoms with Crippen molar-refractivity contribution in [1.82, 2.24) is 9.97 Å². The Bertz CT molecular complexity index is 1140. The molecule has 1 aromatic heterocycles. The first-order valence-electron chi connectivity index (χ1n) is 10.1. The van der Waals surface area contributed by atoms with Crippen molar-refractivity contribution in [2.45, 2.75) is 44.4 Å². The molecule has 2 aliphatic rings. The molecule has 0 spiro atoms. The number of anilines is 1. The average Bonchev–Trinajstić information content (AvgIpc) is 3.02. The van der Waals surface area contributed by atoms with Gasteiger partial charge >= 0.3 is 0 Å². The van der Waals surface area contributed by atoms with E-state index in [1.54, 1.807) is 7.11 Å². The Labute approximate surface area is 170 Å². The maximum Gasteiger partial charge on any atom is 0.237 e. The van der Waals surface area contributed by atoms with Crippen molar-refractivity contribution in [1.29, 1.82) is 0 Å². The Morgan fingerprint density at radius 3 is 2.17 bits per heavy atom. The quantitative estimate of drug-likeness (QED) is 0.713. The number of aromatic nitrogens is 2. The van der Waals surface area contributed by atoms with E-state index in [0.29, 0.717) is 0 Å². The Hall–Kier alpha value is -2.95. The molecule has 5 rings (SSSR count). The number of hydrogen-bond donors (Lipinski definition) is 1. The van der Waals surface area contributed by atoms with Gasteiger partial charge in [0.05, 0.1) is 34.9 Å². The molecule has 1 fully saturated rings. The van der Waals surface area contributed by atoms with Crippen molar-refractivity contribution in [3.63, 3.8) is 0 Å². The molecule has 0 saturated heterocycles. The number of benzene rings is 2. The van der Waals surface area contributed by atoms with Crippen LogP contribution in [0.15, 0.2) is 48.5 Å². The van der Waals surface area contributed by atoms with Gasteiger partial charge in [-0.3, -0.25) is 4.79 Å². The van der Waals surface area contributed by atoms with Crippen LogP contribution in [0.4, 0.5) is 5.69 Å². The predicted octanol–water partition coefficient (Wildman–Crippen LogP) is 4.61. The van der Waals surface area contributed by atoms with Crippen LogP contribution >= 0.6 is 0 Å². The molecule has 0 unspecified atom stereocenters. The fourth-order valence-electron chi connectivity index (χ4n) is 5.46. The van der Waals surface area contributed by atoms with Crippen LogP contribution in [0.1, 0.15) is 45.0 Å². The summed E-state index contributed by atoms with van der Waals surface area (Å²) in [5.74, 6) is 0.762. The van der Waals surface area contributed by atoms with Crippen molar-refractivity contribution >= 4 is 22.6 Å². The number of methoxy groups -OCH3 is 1. The number of fused-ring (bicyclic) bond motifs is 6. The highest BCUT2D eigenvalue weighted by Crippen LogP contribution is 2.70. The summed E-state index contributed by atoms with van der Waals surface area (Å²) in [5.41, 5.74) is 3.15. The highest BCUT2D eigenvalue weighted by Gasteiger charge is 2.73. The first-order chi connectivity index (χ1) is 13.8. The lowest BCUT2D eigenvalue weighted by Gasteiger charge is -2.39. The van der Waals surface area contributed by atoms with Gasteiger partial charge in [-0.25, -0.2) is 9.97 Å². The molecular weight excluding hydrogens is 362 g/mol. The third kappa shape index (κ3) is 2.13. The standard InChI is InChI=1S/C24H25N3O2/c1-22(2)23(3)13-14-24(22,21(28)25-15-9-11-16(29-4)12-10-15)20-19(23)26-17-7-5-6-8-18(17)27-20/h5-12H,13-14H2,1-4H3,(H,25,28)/t23-,24-/m1/s1. The fraction of sp³-hybridized carbons (Fsp3) is 0.375. The van der Waals surface area contributed by atoms with E-state index in [0.717, 1.165) is 46.7 Å². The van der Waals surface area contributed by atoms with Crippen molar-refractivity contribution in [2.75, 3.05) is 12.4 Å². The van der Waals surface area contributed by atoms with Crippen LogP contribution < -0.4 is 10.1 Å². The zero-order valence-electron chi connectivity index (χ0n) is 17.2. The van der Waals surface area contributed by atoms with Crippen LogP contribution in [0.3, 0.4) is 0 Å². The van der Waals surface area contributed by atoms with Crippen molar-refractivity contribution in [3.05, 3.63) is 59.9 Å². The summed E-state index contributed by atoms with van der Waals surface area (Å²) in [4.78, 5) is 23.8. The summed E-state index contributed by atoms with van der Waals surface area (Å²) in [6.07, 6.45) is 1.70. The van der Waals surface area contributed by atoms with Crippen LogP contribution in [0.5, 0.6) is 5.75 Å². The number of hydrogen-bond acceptors (Lipinski definition) is 4. The molecule has 1 heterocycles. The van der Waals surface area contributed by atoms with Crippen molar-refractivity contribution < 1.29 is 9.53 Å². The second kappa shape index (κ2) is 5.78. The predicted molar refractivity (Wildman–Crippen MR) is 113 cm³/mol. The molecule has 148 valence electrons. The molecule has 2 atom stereocenters. The van der Waals surface area contributed by atoms with E-state index >= 15 is 0 Å². The van der Waals surface area contributed by atoms with Gasteiger partial charge in [-0.2, -0.15) is 0 Å². The van der Waals surface area contributed by atoms with Crippen molar-refractivity contribution in [2.24, 2.45) is 5.41 Å². The summed E-state index contributed by atoms with van der Waals surface area (Å²) >= 11 is 0. The average molecular weight is 387 g/mol. The van der Waals surface area contributed by atoms with Gasteiger partial charge in [0, 0.05) is 11.1 Å². The van der Waals surface area contributed by atoms with E-state index in [-0.39, 0.29) is 16.7 Å². The van der Waals surface area contributed by atoms with E-state index in [1.807, 2.05) is 48.5 Å². The number of nitrogens with one attached hydrogen (secondary N) is 1. The third-order valence-corrected chi connectivity index (χ3v) is 7.68. The van der Waals surface area contributed by atoms with Gasteiger partial charge in [-0.15, -0.1) is 0 Å². The monoisotopic (exact) mass is 387 g/mol. The fourth-order valence-corrected chi connectivity index (χ4v) is 5.46. The maximum absolute atomic E-state index is 13.8. The highest BCUT2D eigenvalue weighted by molar-refractivity contribution is 6.02. The molecule has 5 heteroatoms. The lowest BCUT2D eigenvalue weighted by molar-refractivity contribution is -0.125. The van der Waals surface area contributed by atoms with Gasteiger partial charge in [0.15, 0.2) is 0 Å². The lowest BCUT2D eigenvalue weighted by Crippen LogP contribution is -2.48. The van der Waals surface area contributed by atoms with Crippen LogP contribution in [-0.4, -0.2) is 23.0 Å². The number of amides is 1. The van der Waals surface area contributed by atoms with E-state index < -0.39 is 5.41 Å². The first-order valence-corrected chi connectivity index (χ1v) is 10.1. The summed E-state index contributed by atoms with van der Waals surface area (Å²) in [6, 6.07) is 15.4. The molecule has 5 nitrogen and oxygen atoms in total. The number of carbonyl (C=O) groups excluding carboxylic acids is 1. The Balaban J connectivity index is 1.65. The summed E-state index contributed by atoms with van der Waals surface area (Å²) < 4.78 is 5.22. The van der Waals surface area contributed by atoms with Gasteiger partial charge in [0.25, 0.3) is 0 Å². The molecule has 1 saturated carbocycles. The number of ether oxygens (including phenoxy) is 1. The second-order valence-corrected chi connectivity index (χ2v) is 8.95. The molecule has 29 heavy (non-hydrogen) atoms. The van der Waals surface area contributed by atoms with Crippen molar-refractivity contribution in [3.8, 4) is 5.75 Å². The third-order valence-electron chi connectivity index (χ3n) is 7.68. The largest absolute Gasteiger partial charge is 0.497 e. The van der Waals surface area contributed by atoms with Crippen LogP contribution in [0, 0.1) is 5.41 Å². The number of rotatable bonds is 3. The summed E-state index contributed by atoms with van der Waals surface area (Å²) in [7, 11) is 1.63. The zero-order valence-corrected chi connectivity index (χ0v) is 17.2. The molecule has 1 N–H and O–H groups in total. The molecule has 0 aliphatic heterocycles. The Kier molecular flexibility index (Phi) is 3.61. The molecule has 0 radical (unpaired) electrons. The SMILES string of the molecule is COc1ccc(NC(=O)[C@@]23CC[C@](C)(c4nc5ccccc5nc42)C3(C)C)cc1. The van der Waals surface area contributed by atoms with Crippen LogP contribution in [0.2, 0.25) is 0 Å². The van der Waals surface area contributed by atoms with Gasteiger partial charge in [-0.05, 0) is 54.7 Å². The van der Waals surface area contributed by atoms with E-state index in [1.165, 1.54) is 0 Å². The molecule has 2 aromatic carbocycles. The zero-order chi connectivity index (χ0) is 20.4. The smallest absolute Gasteiger partial charge is 0.237 e. The van der Waals surface area contributed by atoms with Crippen LogP contribution in [0.25, 0.3) is 11.0 Å². The van der Waals surface area contributed by atoms with Gasteiger partial charge < -0.3 is 10.1 Å². The normalized spacial score (nSPS) is 26.3. The molecule has 2 bridgehead atoms.